The number of carbonyl (C=O) groups excluding carboxylic acids is 2. The minimum Gasteiger partial charge on any atom is -0.496 e. The molecule has 0 heterocycles. The first-order valence-electron chi connectivity index (χ1n) is 5.25. The van der Waals surface area contributed by atoms with Crippen LogP contribution < -0.4 is 9.47 Å². The third-order valence-electron chi connectivity index (χ3n) is 2.31. The summed E-state index contributed by atoms with van der Waals surface area (Å²) in [5.74, 6) is -0.0598. The first-order valence-corrected chi connectivity index (χ1v) is 6.04. The Labute approximate surface area is 119 Å². The molecule has 102 valence electrons. The van der Waals surface area contributed by atoms with Gasteiger partial charge in [0.2, 0.25) is 0 Å². The Bertz CT molecular complexity index is 522. The van der Waals surface area contributed by atoms with Gasteiger partial charge in [-0.1, -0.05) is 0 Å². The number of carbonyl (C=O) groups is 2. The minimum atomic E-state index is -0.597. The molecule has 6 heteroatoms. The molecule has 0 N–H and O–H groups in total. The summed E-state index contributed by atoms with van der Waals surface area (Å²) in [7, 11) is 4.20. The average molecular weight is 329 g/mol. The standard InChI is InChI=1S/C13H13BrO5/c1-17-11-7-12(18-2)9(14)6-8(11)10(15)4-5-13(16)19-3/h4-7H,1-3H3/b5-4+. The van der Waals surface area contributed by atoms with E-state index >= 15 is 0 Å². The number of allylic oxidation sites excluding steroid dienone is 1. The van der Waals surface area contributed by atoms with Gasteiger partial charge >= 0.3 is 5.97 Å². The number of esters is 1. The van der Waals surface area contributed by atoms with Crippen LogP contribution in [0.1, 0.15) is 10.4 Å². The number of hydrogen-bond acceptors (Lipinski definition) is 5. The number of ketones is 1. The Kier molecular flexibility index (Phi) is 5.57. The Morgan fingerprint density at radius 1 is 1.05 bits per heavy atom. The fourth-order valence-electron chi connectivity index (χ4n) is 1.35. The Hall–Kier alpha value is -1.82. The van der Waals surface area contributed by atoms with Gasteiger partial charge in [-0.15, -0.1) is 0 Å². The topological polar surface area (TPSA) is 61.8 Å². The molecular formula is C13H13BrO5. The van der Waals surface area contributed by atoms with Crippen molar-refractivity contribution in [1.29, 1.82) is 0 Å². The van der Waals surface area contributed by atoms with Gasteiger partial charge in [0.25, 0.3) is 0 Å². The lowest BCUT2D eigenvalue weighted by molar-refractivity contribution is -0.134. The molecule has 0 aliphatic heterocycles. The Morgan fingerprint density at radius 2 is 1.68 bits per heavy atom. The predicted molar refractivity (Wildman–Crippen MR) is 72.7 cm³/mol. The van der Waals surface area contributed by atoms with Gasteiger partial charge in [-0.25, -0.2) is 4.79 Å². The zero-order chi connectivity index (χ0) is 14.4. The van der Waals surface area contributed by atoms with Crippen LogP contribution in [0.25, 0.3) is 0 Å². The van der Waals surface area contributed by atoms with Crippen molar-refractivity contribution in [3.8, 4) is 11.5 Å². The molecule has 5 nitrogen and oxygen atoms in total. The summed E-state index contributed by atoms with van der Waals surface area (Å²) in [5.41, 5.74) is 0.315. The van der Waals surface area contributed by atoms with Crippen LogP contribution in [0.2, 0.25) is 0 Å². The number of benzene rings is 1. The van der Waals surface area contributed by atoms with Crippen LogP contribution in [-0.4, -0.2) is 33.1 Å². The van der Waals surface area contributed by atoms with E-state index in [0.29, 0.717) is 21.5 Å². The summed E-state index contributed by atoms with van der Waals surface area (Å²) in [5, 5.41) is 0. The van der Waals surface area contributed by atoms with Crippen molar-refractivity contribution in [3.63, 3.8) is 0 Å². The number of halogens is 1. The quantitative estimate of drug-likeness (QED) is 0.471. The number of ether oxygens (including phenoxy) is 3. The van der Waals surface area contributed by atoms with Crippen LogP contribution in [0.4, 0.5) is 0 Å². The van der Waals surface area contributed by atoms with Crippen molar-refractivity contribution in [1.82, 2.24) is 0 Å². The molecule has 1 aromatic carbocycles. The highest BCUT2D eigenvalue weighted by Crippen LogP contribution is 2.33. The largest absolute Gasteiger partial charge is 0.496 e. The minimum absolute atomic E-state index is 0.315. The summed E-state index contributed by atoms with van der Waals surface area (Å²) in [4.78, 5) is 22.9. The van der Waals surface area contributed by atoms with Crippen molar-refractivity contribution < 1.29 is 23.8 Å². The molecular weight excluding hydrogens is 316 g/mol. The van der Waals surface area contributed by atoms with Gasteiger partial charge in [0.05, 0.1) is 31.4 Å². The van der Waals surface area contributed by atoms with Crippen LogP contribution in [0, 0.1) is 0 Å². The third-order valence-corrected chi connectivity index (χ3v) is 2.93. The molecule has 1 aromatic rings. The molecule has 0 amide bonds. The smallest absolute Gasteiger partial charge is 0.330 e. The maximum absolute atomic E-state index is 12.0. The lowest BCUT2D eigenvalue weighted by atomic mass is 10.1. The molecule has 0 fully saturated rings. The van der Waals surface area contributed by atoms with E-state index in [2.05, 4.69) is 20.7 Å². The number of rotatable bonds is 5. The Morgan fingerprint density at radius 3 is 2.21 bits per heavy atom. The van der Waals surface area contributed by atoms with Gasteiger partial charge in [-0.05, 0) is 28.1 Å². The van der Waals surface area contributed by atoms with Crippen molar-refractivity contribution in [3.05, 3.63) is 34.3 Å². The highest BCUT2D eigenvalue weighted by atomic mass is 79.9. The van der Waals surface area contributed by atoms with Crippen molar-refractivity contribution in [2.24, 2.45) is 0 Å². The SMILES string of the molecule is COC(=O)/C=C/C(=O)c1cc(Br)c(OC)cc1OC. The summed E-state index contributed by atoms with van der Waals surface area (Å²) in [6.45, 7) is 0. The molecule has 0 radical (unpaired) electrons. The van der Waals surface area contributed by atoms with E-state index in [1.165, 1.54) is 21.3 Å². The lowest BCUT2D eigenvalue weighted by Gasteiger charge is -2.10. The van der Waals surface area contributed by atoms with E-state index in [0.717, 1.165) is 12.2 Å². The molecule has 0 spiro atoms. The number of hydrogen-bond donors (Lipinski definition) is 0. The molecule has 0 bridgehead atoms. The van der Waals surface area contributed by atoms with Gasteiger partial charge in [0.15, 0.2) is 5.78 Å². The van der Waals surface area contributed by atoms with Crippen LogP contribution in [-0.2, 0) is 9.53 Å². The van der Waals surface area contributed by atoms with Gasteiger partial charge in [0, 0.05) is 12.1 Å². The second-order valence-electron chi connectivity index (χ2n) is 3.41. The average Bonchev–Trinajstić information content (AvgIpc) is 2.43. The lowest BCUT2D eigenvalue weighted by Crippen LogP contribution is -2.02. The summed E-state index contributed by atoms with van der Waals surface area (Å²) >= 11 is 3.28. The van der Waals surface area contributed by atoms with E-state index in [4.69, 9.17) is 9.47 Å². The van der Waals surface area contributed by atoms with Gasteiger partial charge in [-0.2, -0.15) is 0 Å². The van der Waals surface area contributed by atoms with Crippen molar-refractivity contribution in [2.75, 3.05) is 21.3 Å². The molecule has 19 heavy (non-hydrogen) atoms. The predicted octanol–water partition coefficient (Wildman–Crippen LogP) is 2.38. The second-order valence-corrected chi connectivity index (χ2v) is 4.26. The fraction of sp³-hybridized carbons (Fsp3) is 0.231. The molecule has 0 aromatic heterocycles. The van der Waals surface area contributed by atoms with Crippen LogP contribution in [0.5, 0.6) is 11.5 Å². The van der Waals surface area contributed by atoms with Crippen LogP contribution in [0.3, 0.4) is 0 Å². The maximum atomic E-state index is 12.0. The summed E-state index contributed by atoms with van der Waals surface area (Å²) in [6.07, 6.45) is 2.18. The van der Waals surface area contributed by atoms with E-state index in [-0.39, 0.29) is 5.78 Å². The van der Waals surface area contributed by atoms with E-state index < -0.39 is 5.97 Å². The first kappa shape index (κ1) is 15.2. The fourth-order valence-corrected chi connectivity index (χ4v) is 1.86. The zero-order valence-electron chi connectivity index (χ0n) is 10.7. The second kappa shape index (κ2) is 6.94. The number of methoxy groups -OCH3 is 3. The summed E-state index contributed by atoms with van der Waals surface area (Å²) in [6, 6.07) is 3.16. The normalized spacial score (nSPS) is 10.3. The van der Waals surface area contributed by atoms with E-state index in [1.54, 1.807) is 12.1 Å². The molecule has 0 unspecified atom stereocenters. The van der Waals surface area contributed by atoms with Crippen molar-refractivity contribution in [2.45, 2.75) is 0 Å². The molecule has 0 atom stereocenters. The van der Waals surface area contributed by atoms with Gasteiger partial charge in [-0.3, -0.25) is 4.79 Å². The van der Waals surface area contributed by atoms with Crippen LogP contribution in [0.15, 0.2) is 28.8 Å². The highest BCUT2D eigenvalue weighted by Gasteiger charge is 2.14. The molecule has 0 aliphatic carbocycles. The molecule has 0 saturated heterocycles. The highest BCUT2D eigenvalue weighted by molar-refractivity contribution is 9.10. The zero-order valence-corrected chi connectivity index (χ0v) is 12.3. The van der Waals surface area contributed by atoms with Gasteiger partial charge in [0.1, 0.15) is 11.5 Å². The first-order chi connectivity index (χ1) is 9.03. The van der Waals surface area contributed by atoms with Crippen molar-refractivity contribution >= 4 is 27.7 Å². The maximum Gasteiger partial charge on any atom is 0.330 e. The molecule has 1 rings (SSSR count). The molecule has 0 saturated carbocycles. The third kappa shape index (κ3) is 3.82. The monoisotopic (exact) mass is 328 g/mol. The van der Waals surface area contributed by atoms with E-state index in [1.807, 2.05) is 0 Å². The van der Waals surface area contributed by atoms with Crippen LogP contribution >= 0.6 is 15.9 Å². The molecule has 0 aliphatic rings. The Balaban J connectivity index is 3.12. The van der Waals surface area contributed by atoms with E-state index in [9.17, 15) is 9.59 Å². The van der Waals surface area contributed by atoms with Gasteiger partial charge < -0.3 is 14.2 Å². The summed E-state index contributed by atoms with van der Waals surface area (Å²) < 4.78 is 15.3.